The maximum Gasteiger partial charge on any atom is 0.291 e. The van der Waals surface area contributed by atoms with Gasteiger partial charge in [0.1, 0.15) is 12.4 Å². The highest BCUT2D eigenvalue weighted by atomic mass is 127. The third-order valence-electron chi connectivity index (χ3n) is 3.57. The van der Waals surface area contributed by atoms with E-state index in [9.17, 15) is 9.18 Å². The molecule has 0 saturated carbocycles. The zero-order valence-corrected chi connectivity index (χ0v) is 14.7. The molecule has 0 radical (unpaired) electrons. The molecule has 0 amide bonds. The van der Waals surface area contributed by atoms with Crippen molar-refractivity contribution in [3.63, 3.8) is 0 Å². The monoisotopic (exact) mass is 440 g/mol. The Morgan fingerprint density at radius 3 is 2.83 bits per heavy atom. The largest absolute Gasteiger partial charge is 0.408 e. The van der Waals surface area contributed by atoms with E-state index in [1.807, 2.05) is 28.7 Å². The molecule has 0 aliphatic carbocycles. The zero-order valence-electron chi connectivity index (χ0n) is 12.6. The fraction of sp³-hybridized carbons (Fsp3) is 0.176. The molecule has 0 atom stereocenters. The lowest BCUT2D eigenvalue weighted by molar-refractivity contribution is 0.0701. The number of aromatic nitrogens is 2. The van der Waals surface area contributed by atoms with Crippen molar-refractivity contribution in [1.82, 2.24) is 9.71 Å². The lowest BCUT2D eigenvalue weighted by Crippen LogP contribution is -2.28. The zero-order chi connectivity index (χ0) is 17.1. The number of fused-ring (bicyclic) bond motifs is 1. The Balaban J connectivity index is 2.08. The van der Waals surface area contributed by atoms with Crippen LogP contribution < -0.4 is 10.4 Å². The van der Waals surface area contributed by atoms with Gasteiger partial charge in [0.05, 0.1) is 12.0 Å². The molecule has 3 aromatic rings. The minimum absolute atomic E-state index is 0.0115. The second-order valence-corrected chi connectivity index (χ2v) is 6.42. The maximum absolute atomic E-state index is 14.1. The predicted octanol–water partition coefficient (Wildman–Crippen LogP) is 2.15. The molecular formula is C17H14FIN2O3. The minimum atomic E-state index is -0.357. The molecule has 1 aromatic carbocycles. The number of hydrogen-bond donors (Lipinski definition) is 1. The van der Waals surface area contributed by atoms with Gasteiger partial charge >= 0.3 is 0 Å². The van der Waals surface area contributed by atoms with Gasteiger partial charge in [-0.3, -0.25) is 9.78 Å². The standard InChI is InChI=1S/C17H14FIN2O3/c18-15-8-14(19)2-1-11(15)7-13-10-20-9-12-3-4-21(24-6-5-22)17(23)16(12)13/h1-4,8-10,22H,5-7H2. The van der Waals surface area contributed by atoms with Crippen molar-refractivity contribution in [2.75, 3.05) is 13.2 Å². The van der Waals surface area contributed by atoms with Crippen molar-refractivity contribution in [2.45, 2.75) is 6.42 Å². The lowest BCUT2D eigenvalue weighted by atomic mass is 10.0. The molecule has 0 aliphatic rings. The van der Waals surface area contributed by atoms with E-state index in [1.54, 1.807) is 24.5 Å². The van der Waals surface area contributed by atoms with E-state index < -0.39 is 0 Å². The Morgan fingerprint density at radius 1 is 1.25 bits per heavy atom. The summed E-state index contributed by atoms with van der Waals surface area (Å²) in [5.74, 6) is -0.313. The van der Waals surface area contributed by atoms with Gasteiger partial charge in [-0.15, -0.1) is 0 Å². The van der Waals surface area contributed by atoms with Gasteiger partial charge in [-0.2, -0.15) is 4.73 Å². The molecular weight excluding hydrogens is 426 g/mol. The normalized spacial score (nSPS) is 11.0. The number of aliphatic hydroxyl groups is 1. The summed E-state index contributed by atoms with van der Waals surface area (Å²) in [6, 6.07) is 6.69. The second-order valence-electron chi connectivity index (χ2n) is 5.18. The third kappa shape index (κ3) is 3.41. The van der Waals surface area contributed by atoms with Crippen LogP contribution in [0.15, 0.2) is 47.7 Å². The van der Waals surface area contributed by atoms with Crippen LogP contribution in [0.5, 0.6) is 0 Å². The number of rotatable bonds is 5. The SMILES string of the molecule is O=c1c2c(Cc3ccc(I)cc3F)cncc2ccn1OCCO. The summed E-state index contributed by atoms with van der Waals surface area (Å²) in [6.45, 7) is -0.181. The van der Waals surface area contributed by atoms with Crippen molar-refractivity contribution in [3.05, 3.63) is 73.7 Å². The van der Waals surface area contributed by atoms with E-state index in [2.05, 4.69) is 4.98 Å². The molecule has 7 heteroatoms. The summed E-state index contributed by atoms with van der Waals surface area (Å²) in [6.07, 6.45) is 4.89. The van der Waals surface area contributed by atoms with E-state index in [0.29, 0.717) is 21.9 Å². The lowest BCUT2D eigenvalue weighted by Gasteiger charge is -2.11. The Labute approximate surface area is 150 Å². The highest BCUT2D eigenvalue weighted by Crippen LogP contribution is 2.20. The quantitative estimate of drug-likeness (QED) is 0.618. The highest BCUT2D eigenvalue weighted by Gasteiger charge is 2.12. The van der Waals surface area contributed by atoms with Crippen LogP contribution in [0.1, 0.15) is 11.1 Å². The topological polar surface area (TPSA) is 64.4 Å². The van der Waals surface area contributed by atoms with Gasteiger partial charge in [0.2, 0.25) is 0 Å². The van der Waals surface area contributed by atoms with E-state index in [-0.39, 0.29) is 31.0 Å². The number of nitrogens with zero attached hydrogens (tertiary/aromatic N) is 2. The Kier molecular flexibility index (Phi) is 5.10. The van der Waals surface area contributed by atoms with E-state index in [1.165, 1.54) is 12.3 Å². The Hall–Kier alpha value is -2.00. The Morgan fingerprint density at radius 2 is 2.08 bits per heavy atom. The third-order valence-corrected chi connectivity index (χ3v) is 4.25. The predicted molar refractivity (Wildman–Crippen MR) is 96.5 cm³/mol. The van der Waals surface area contributed by atoms with Crippen LogP contribution in [-0.2, 0) is 6.42 Å². The van der Waals surface area contributed by atoms with Crippen LogP contribution in [0.3, 0.4) is 0 Å². The molecule has 0 aliphatic heterocycles. The number of hydrogen-bond acceptors (Lipinski definition) is 4. The summed E-state index contributed by atoms with van der Waals surface area (Å²) in [4.78, 5) is 22.0. The van der Waals surface area contributed by atoms with Gasteiger partial charge in [-0.05, 0) is 51.9 Å². The molecule has 5 nitrogen and oxygen atoms in total. The van der Waals surface area contributed by atoms with Gasteiger partial charge in [-0.1, -0.05) is 6.07 Å². The molecule has 0 spiro atoms. The molecule has 3 rings (SSSR count). The van der Waals surface area contributed by atoms with Crippen molar-refractivity contribution >= 4 is 33.4 Å². The summed E-state index contributed by atoms with van der Waals surface area (Å²) in [5, 5.41) is 9.93. The first kappa shape index (κ1) is 16.8. The van der Waals surface area contributed by atoms with Crippen molar-refractivity contribution in [3.8, 4) is 0 Å². The average Bonchev–Trinajstić information content (AvgIpc) is 2.57. The van der Waals surface area contributed by atoms with Crippen LogP contribution in [0.2, 0.25) is 0 Å². The molecule has 0 bridgehead atoms. The molecule has 1 N–H and O–H groups in total. The van der Waals surface area contributed by atoms with Crippen LogP contribution in [0.4, 0.5) is 4.39 Å². The number of benzene rings is 1. The first-order valence-electron chi connectivity index (χ1n) is 7.26. The van der Waals surface area contributed by atoms with Crippen molar-refractivity contribution in [2.24, 2.45) is 0 Å². The van der Waals surface area contributed by atoms with E-state index in [4.69, 9.17) is 9.94 Å². The number of halogens is 2. The first-order valence-corrected chi connectivity index (χ1v) is 8.34. The summed E-state index contributed by atoms with van der Waals surface area (Å²) in [5.41, 5.74) is 0.764. The highest BCUT2D eigenvalue weighted by molar-refractivity contribution is 14.1. The van der Waals surface area contributed by atoms with Gasteiger partial charge in [0, 0.05) is 34.0 Å². The molecule has 2 aromatic heterocycles. The maximum atomic E-state index is 14.1. The molecule has 124 valence electrons. The van der Waals surface area contributed by atoms with Crippen LogP contribution in [0, 0.1) is 9.39 Å². The summed E-state index contributed by atoms with van der Waals surface area (Å²) >= 11 is 2.05. The molecule has 0 saturated heterocycles. The smallest absolute Gasteiger partial charge is 0.291 e. The van der Waals surface area contributed by atoms with Gasteiger partial charge < -0.3 is 9.94 Å². The van der Waals surface area contributed by atoms with Gasteiger partial charge in [0.25, 0.3) is 5.56 Å². The fourth-order valence-electron chi connectivity index (χ4n) is 2.48. The van der Waals surface area contributed by atoms with Crippen LogP contribution in [-0.4, -0.2) is 28.0 Å². The molecule has 0 unspecified atom stereocenters. The summed E-state index contributed by atoms with van der Waals surface area (Å²) in [7, 11) is 0. The average molecular weight is 440 g/mol. The van der Waals surface area contributed by atoms with Crippen LogP contribution >= 0.6 is 22.6 Å². The fourth-order valence-corrected chi connectivity index (χ4v) is 2.93. The van der Waals surface area contributed by atoms with E-state index >= 15 is 0 Å². The molecule has 24 heavy (non-hydrogen) atoms. The first-order chi connectivity index (χ1) is 11.6. The second kappa shape index (κ2) is 7.27. The Bertz CT molecular complexity index is 943. The number of aliphatic hydroxyl groups excluding tert-OH is 1. The van der Waals surface area contributed by atoms with Gasteiger partial charge in [-0.25, -0.2) is 4.39 Å². The van der Waals surface area contributed by atoms with Crippen LogP contribution in [0.25, 0.3) is 10.8 Å². The molecule has 0 fully saturated rings. The van der Waals surface area contributed by atoms with Crippen molar-refractivity contribution < 1.29 is 14.3 Å². The number of pyridine rings is 2. The van der Waals surface area contributed by atoms with Crippen molar-refractivity contribution in [1.29, 1.82) is 0 Å². The van der Waals surface area contributed by atoms with E-state index in [0.717, 1.165) is 8.30 Å². The summed E-state index contributed by atoms with van der Waals surface area (Å²) < 4.78 is 16.0. The molecule has 2 heterocycles. The minimum Gasteiger partial charge on any atom is -0.408 e. The van der Waals surface area contributed by atoms with Gasteiger partial charge in [0.15, 0.2) is 0 Å².